The standard InChI is InChI=1S/C12H17NO4/c1-5-8(2)17-11-10(12(14)16-4)9(15-3)6-7-13-11/h6-8H,5H2,1-4H3. The van der Waals surface area contributed by atoms with E-state index in [0.29, 0.717) is 5.75 Å². The molecule has 0 N–H and O–H groups in total. The van der Waals surface area contributed by atoms with E-state index in [9.17, 15) is 4.79 Å². The van der Waals surface area contributed by atoms with Gasteiger partial charge in [-0.25, -0.2) is 9.78 Å². The second-order valence-corrected chi connectivity index (χ2v) is 3.52. The van der Waals surface area contributed by atoms with Crippen molar-refractivity contribution in [3.8, 4) is 11.6 Å². The second-order valence-electron chi connectivity index (χ2n) is 3.52. The molecule has 17 heavy (non-hydrogen) atoms. The lowest BCUT2D eigenvalue weighted by Gasteiger charge is -2.15. The van der Waals surface area contributed by atoms with Crippen LogP contribution in [-0.4, -0.2) is 31.3 Å². The highest BCUT2D eigenvalue weighted by molar-refractivity contribution is 5.94. The first-order chi connectivity index (χ1) is 8.13. The van der Waals surface area contributed by atoms with Gasteiger partial charge in [-0.05, 0) is 19.4 Å². The first-order valence-corrected chi connectivity index (χ1v) is 5.42. The lowest BCUT2D eigenvalue weighted by Crippen LogP contribution is -2.15. The average Bonchev–Trinajstić information content (AvgIpc) is 2.37. The van der Waals surface area contributed by atoms with Gasteiger partial charge >= 0.3 is 5.97 Å². The van der Waals surface area contributed by atoms with Gasteiger partial charge in [0.05, 0.1) is 20.3 Å². The molecule has 0 aromatic carbocycles. The van der Waals surface area contributed by atoms with E-state index in [0.717, 1.165) is 6.42 Å². The van der Waals surface area contributed by atoms with Crippen LogP contribution in [0.25, 0.3) is 0 Å². The van der Waals surface area contributed by atoms with E-state index < -0.39 is 5.97 Å². The Morgan fingerprint density at radius 3 is 2.71 bits per heavy atom. The Morgan fingerprint density at radius 2 is 2.18 bits per heavy atom. The van der Waals surface area contributed by atoms with Crippen molar-refractivity contribution in [1.29, 1.82) is 0 Å². The molecule has 1 atom stereocenters. The molecule has 1 heterocycles. The van der Waals surface area contributed by atoms with Crippen LogP contribution >= 0.6 is 0 Å². The van der Waals surface area contributed by atoms with Crippen molar-refractivity contribution < 1.29 is 19.0 Å². The quantitative estimate of drug-likeness (QED) is 0.736. The zero-order valence-corrected chi connectivity index (χ0v) is 10.5. The average molecular weight is 239 g/mol. The smallest absolute Gasteiger partial charge is 0.347 e. The summed E-state index contributed by atoms with van der Waals surface area (Å²) >= 11 is 0. The molecule has 1 aromatic rings. The predicted octanol–water partition coefficient (Wildman–Crippen LogP) is 2.05. The number of aromatic nitrogens is 1. The zero-order chi connectivity index (χ0) is 12.8. The topological polar surface area (TPSA) is 57.7 Å². The van der Waals surface area contributed by atoms with Crippen LogP contribution in [0.4, 0.5) is 0 Å². The summed E-state index contributed by atoms with van der Waals surface area (Å²) in [5, 5.41) is 0. The molecular formula is C12H17NO4. The summed E-state index contributed by atoms with van der Waals surface area (Å²) in [7, 11) is 2.79. The number of carbonyl (C=O) groups excluding carboxylic acids is 1. The first-order valence-electron chi connectivity index (χ1n) is 5.42. The van der Waals surface area contributed by atoms with Gasteiger partial charge in [0.25, 0.3) is 0 Å². The van der Waals surface area contributed by atoms with Gasteiger partial charge in [-0.3, -0.25) is 0 Å². The van der Waals surface area contributed by atoms with Crippen molar-refractivity contribution in [2.24, 2.45) is 0 Å². The van der Waals surface area contributed by atoms with E-state index in [1.54, 1.807) is 6.07 Å². The Morgan fingerprint density at radius 1 is 1.47 bits per heavy atom. The van der Waals surface area contributed by atoms with Crippen molar-refractivity contribution in [3.63, 3.8) is 0 Å². The molecule has 0 aliphatic carbocycles. The Hall–Kier alpha value is -1.78. The van der Waals surface area contributed by atoms with Gasteiger partial charge in [0.15, 0.2) is 5.56 Å². The monoisotopic (exact) mass is 239 g/mol. The number of ether oxygens (including phenoxy) is 3. The van der Waals surface area contributed by atoms with Crippen LogP contribution in [0.15, 0.2) is 12.3 Å². The summed E-state index contributed by atoms with van der Waals surface area (Å²) in [4.78, 5) is 15.7. The van der Waals surface area contributed by atoms with Crippen LogP contribution in [0.3, 0.4) is 0 Å². The second kappa shape index (κ2) is 6.08. The molecule has 0 amide bonds. The Kier molecular flexibility index (Phi) is 4.75. The van der Waals surface area contributed by atoms with E-state index in [1.807, 2.05) is 13.8 Å². The molecule has 0 aliphatic rings. The lowest BCUT2D eigenvalue weighted by atomic mass is 10.2. The molecule has 5 nitrogen and oxygen atoms in total. The molecule has 5 heteroatoms. The Bertz CT molecular complexity index is 392. The van der Waals surface area contributed by atoms with Gasteiger partial charge in [0.2, 0.25) is 5.88 Å². The minimum absolute atomic E-state index is 0.0296. The van der Waals surface area contributed by atoms with Crippen molar-refractivity contribution in [3.05, 3.63) is 17.8 Å². The minimum atomic E-state index is -0.520. The summed E-state index contributed by atoms with van der Waals surface area (Å²) in [6.45, 7) is 3.89. The predicted molar refractivity (Wildman–Crippen MR) is 62.5 cm³/mol. The Balaban J connectivity index is 3.14. The molecule has 94 valence electrons. The van der Waals surface area contributed by atoms with Gasteiger partial charge in [-0.15, -0.1) is 0 Å². The summed E-state index contributed by atoms with van der Waals surface area (Å²) in [6, 6.07) is 1.59. The normalized spacial score (nSPS) is 11.8. The van der Waals surface area contributed by atoms with Gasteiger partial charge in [-0.2, -0.15) is 0 Å². The van der Waals surface area contributed by atoms with E-state index in [-0.39, 0.29) is 17.5 Å². The Labute approximate surface area is 101 Å². The molecule has 1 unspecified atom stereocenters. The lowest BCUT2D eigenvalue weighted by molar-refractivity contribution is 0.0588. The number of hydrogen-bond donors (Lipinski definition) is 0. The zero-order valence-electron chi connectivity index (χ0n) is 10.5. The van der Waals surface area contributed by atoms with E-state index >= 15 is 0 Å². The maximum atomic E-state index is 11.7. The van der Waals surface area contributed by atoms with Crippen molar-refractivity contribution in [1.82, 2.24) is 4.98 Å². The van der Waals surface area contributed by atoms with Crippen LogP contribution in [0.2, 0.25) is 0 Å². The summed E-state index contributed by atoms with van der Waals surface area (Å²) in [5.41, 5.74) is 0.220. The number of carbonyl (C=O) groups is 1. The highest BCUT2D eigenvalue weighted by atomic mass is 16.5. The van der Waals surface area contributed by atoms with Gasteiger partial charge in [-0.1, -0.05) is 6.92 Å². The van der Waals surface area contributed by atoms with Crippen LogP contribution in [-0.2, 0) is 4.74 Å². The van der Waals surface area contributed by atoms with Crippen molar-refractivity contribution >= 4 is 5.97 Å². The molecule has 0 radical (unpaired) electrons. The molecule has 1 rings (SSSR count). The third kappa shape index (κ3) is 3.09. The van der Waals surface area contributed by atoms with Crippen LogP contribution in [0, 0.1) is 0 Å². The van der Waals surface area contributed by atoms with Crippen molar-refractivity contribution in [2.75, 3.05) is 14.2 Å². The largest absolute Gasteiger partial charge is 0.496 e. The molecule has 0 spiro atoms. The maximum absolute atomic E-state index is 11.7. The SMILES string of the molecule is CCC(C)Oc1nccc(OC)c1C(=O)OC. The molecular weight excluding hydrogens is 222 g/mol. The summed E-state index contributed by atoms with van der Waals surface area (Å²) in [5.74, 6) is 0.115. The fraction of sp³-hybridized carbons (Fsp3) is 0.500. The number of nitrogens with zero attached hydrogens (tertiary/aromatic N) is 1. The molecule has 0 bridgehead atoms. The third-order valence-corrected chi connectivity index (χ3v) is 2.38. The highest BCUT2D eigenvalue weighted by Crippen LogP contribution is 2.27. The van der Waals surface area contributed by atoms with E-state index in [2.05, 4.69) is 4.98 Å². The summed E-state index contributed by atoms with van der Waals surface area (Å²) < 4.78 is 15.4. The van der Waals surface area contributed by atoms with Gasteiger partial charge < -0.3 is 14.2 Å². The van der Waals surface area contributed by atoms with Gasteiger partial charge in [0, 0.05) is 6.20 Å². The van der Waals surface area contributed by atoms with Crippen LogP contribution in [0.1, 0.15) is 30.6 Å². The minimum Gasteiger partial charge on any atom is -0.496 e. The van der Waals surface area contributed by atoms with E-state index in [4.69, 9.17) is 14.2 Å². The molecule has 0 aliphatic heterocycles. The first kappa shape index (κ1) is 13.3. The van der Waals surface area contributed by atoms with Crippen LogP contribution in [0.5, 0.6) is 11.6 Å². The number of hydrogen-bond acceptors (Lipinski definition) is 5. The highest BCUT2D eigenvalue weighted by Gasteiger charge is 2.21. The maximum Gasteiger partial charge on any atom is 0.347 e. The summed E-state index contributed by atoms with van der Waals surface area (Å²) in [6.07, 6.45) is 2.32. The fourth-order valence-corrected chi connectivity index (χ4v) is 1.25. The van der Waals surface area contributed by atoms with E-state index in [1.165, 1.54) is 20.4 Å². The number of rotatable bonds is 5. The number of pyridine rings is 1. The fourth-order valence-electron chi connectivity index (χ4n) is 1.25. The molecule has 1 aromatic heterocycles. The van der Waals surface area contributed by atoms with Crippen molar-refractivity contribution in [2.45, 2.75) is 26.4 Å². The number of methoxy groups -OCH3 is 2. The molecule has 0 fully saturated rings. The van der Waals surface area contributed by atoms with Gasteiger partial charge in [0.1, 0.15) is 5.75 Å². The third-order valence-electron chi connectivity index (χ3n) is 2.38. The number of esters is 1. The molecule has 0 saturated carbocycles. The molecule has 0 saturated heterocycles. The van der Waals surface area contributed by atoms with Crippen LogP contribution < -0.4 is 9.47 Å².